The highest BCUT2D eigenvalue weighted by Crippen LogP contribution is 2.23. The van der Waals surface area contributed by atoms with Crippen LogP contribution in [0.2, 0.25) is 0 Å². The van der Waals surface area contributed by atoms with Crippen molar-refractivity contribution in [2.24, 2.45) is 0 Å². The molecule has 1 N–H and O–H groups in total. The first-order valence-electron chi connectivity index (χ1n) is 7.87. The van der Waals surface area contributed by atoms with Gasteiger partial charge < -0.3 is 14.6 Å². The summed E-state index contributed by atoms with van der Waals surface area (Å²) >= 11 is 0. The van der Waals surface area contributed by atoms with Crippen molar-refractivity contribution in [3.63, 3.8) is 0 Å². The van der Waals surface area contributed by atoms with E-state index >= 15 is 0 Å². The van der Waals surface area contributed by atoms with E-state index in [2.05, 4.69) is 22.1 Å². The number of nitrogens with one attached hydrogen (secondary N) is 1. The number of aromatic nitrogens is 1. The molecule has 24 heavy (non-hydrogen) atoms. The Hall–Kier alpha value is -3.08. The van der Waals surface area contributed by atoms with Gasteiger partial charge >= 0.3 is 0 Å². The first-order valence-corrected chi connectivity index (χ1v) is 7.87. The van der Waals surface area contributed by atoms with Crippen LogP contribution in [0.3, 0.4) is 0 Å². The van der Waals surface area contributed by atoms with Crippen molar-refractivity contribution in [1.82, 2.24) is 10.3 Å². The van der Waals surface area contributed by atoms with Gasteiger partial charge in [-0.15, -0.1) is 0 Å². The lowest BCUT2D eigenvalue weighted by Crippen LogP contribution is -2.24. The topological polar surface area (TPSA) is 58.4 Å². The van der Waals surface area contributed by atoms with E-state index in [0.29, 0.717) is 18.0 Å². The maximum absolute atomic E-state index is 12.1. The minimum absolute atomic E-state index is 0.222. The summed E-state index contributed by atoms with van der Waals surface area (Å²) in [5.41, 5.74) is 2.43. The zero-order chi connectivity index (χ0) is 16.8. The Balaban J connectivity index is 1.69. The molecule has 2 aromatic heterocycles. The second-order valence-electron chi connectivity index (χ2n) is 5.24. The number of carbonyl (C=O) groups is 1. The number of amides is 1. The number of carbonyl (C=O) groups excluding carboxylic acids is 1. The molecular formula is C19H19N3O2. The second-order valence-corrected chi connectivity index (χ2v) is 5.24. The fourth-order valence-corrected chi connectivity index (χ4v) is 2.47. The fraction of sp³-hybridized carbons (Fsp3) is 0.158. The molecule has 0 spiro atoms. The van der Waals surface area contributed by atoms with Crippen LogP contribution < -0.4 is 10.2 Å². The summed E-state index contributed by atoms with van der Waals surface area (Å²) in [5, 5.41) is 2.79. The summed E-state index contributed by atoms with van der Waals surface area (Å²) in [4.78, 5) is 18.6. The molecule has 0 aliphatic rings. The molecule has 0 fully saturated rings. The van der Waals surface area contributed by atoms with Crippen molar-refractivity contribution < 1.29 is 9.21 Å². The molecule has 0 bridgehead atoms. The van der Waals surface area contributed by atoms with E-state index < -0.39 is 0 Å². The molecular weight excluding hydrogens is 302 g/mol. The highest BCUT2D eigenvalue weighted by molar-refractivity contribution is 5.92. The van der Waals surface area contributed by atoms with Gasteiger partial charge in [0.25, 0.3) is 5.91 Å². The molecule has 2 heterocycles. The maximum Gasteiger partial charge on any atom is 0.270 e. The number of nitrogens with zero attached hydrogens (tertiary/aromatic N) is 2. The van der Waals surface area contributed by atoms with Gasteiger partial charge in [-0.05, 0) is 43.3 Å². The normalized spacial score (nSPS) is 10.4. The van der Waals surface area contributed by atoms with Crippen LogP contribution >= 0.6 is 0 Å². The molecule has 0 radical (unpaired) electrons. The number of rotatable bonds is 6. The van der Waals surface area contributed by atoms with Crippen LogP contribution in [-0.4, -0.2) is 17.4 Å². The molecule has 0 aliphatic heterocycles. The Morgan fingerprint density at radius 1 is 1.08 bits per heavy atom. The highest BCUT2D eigenvalue weighted by Gasteiger charge is 2.11. The Labute approximate surface area is 140 Å². The van der Waals surface area contributed by atoms with Crippen LogP contribution in [-0.2, 0) is 6.54 Å². The summed E-state index contributed by atoms with van der Waals surface area (Å²) < 4.78 is 5.19. The highest BCUT2D eigenvalue weighted by atomic mass is 16.3. The number of hydrogen-bond acceptors (Lipinski definition) is 4. The van der Waals surface area contributed by atoms with Crippen molar-refractivity contribution in [1.29, 1.82) is 0 Å². The van der Waals surface area contributed by atoms with E-state index in [0.717, 1.165) is 17.9 Å². The number of anilines is 2. The molecule has 5 nitrogen and oxygen atoms in total. The Morgan fingerprint density at radius 3 is 2.54 bits per heavy atom. The third-order valence-corrected chi connectivity index (χ3v) is 3.68. The van der Waals surface area contributed by atoms with Crippen LogP contribution in [0.25, 0.3) is 0 Å². The van der Waals surface area contributed by atoms with Gasteiger partial charge in [-0.3, -0.25) is 4.79 Å². The zero-order valence-corrected chi connectivity index (χ0v) is 13.5. The lowest BCUT2D eigenvalue weighted by Gasteiger charge is -2.22. The molecule has 0 saturated heterocycles. The van der Waals surface area contributed by atoms with Crippen LogP contribution in [0.15, 0.2) is 71.5 Å². The molecule has 0 saturated carbocycles. The first kappa shape index (κ1) is 15.8. The molecule has 0 unspecified atom stereocenters. The summed E-state index contributed by atoms with van der Waals surface area (Å²) in [6.45, 7) is 3.24. The molecule has 3 aromatic rings. The van der Waals surface area contributed by atoms with E-state index in [1.807, 2.05) is 42.5 Å². The average Bonchev–Trinajstić information content (AvgIpc) is 3.15. The average molecular weight is 321 g/mol. The van der Waals surface area contributed by atoms with E-state index in [1.165, 1.54) is 0 Å². The molecule has 0 atom stereocenters. The lowest BCUT2D eigenvalue weighted by molar-refractivity contribution is 0.0943. The van der Waals surface area contributed by atoms with Gasteiger partial charge in [0.1, 0.15) is 11.5 Å². The van der Waals surface area contributed by atoms with Crippen molar-refractivity contribution in [2.45, 2.75) is 13.5 Å². The van der Waals surface area contributed by atoms with Gasteiger partial charge in [0.2, 0.25) is 0 Å². The molecule has 0 aliphatic carbocycles. The van der Waals surface area contributed by atoms with Crippen LogP contribution in [0.5, 0.6) is 0 Å². The third-order valence-electron chi connectivity index (χ3n) is 3.68. The lowest BCUT2D eigenvalue weighted by atomic mass is 10.2. The summed E-state index contributed by atoms with van der Waals surface area (Å²) in [7, 11) is 0. The fourth-order valence-electron chi connectivity index (χ4n) is 2.47. The monoisotopic (exact) mass is 321 g/mol. The van der Waals surface area contributed by atoms with Crippen molar-refractivity contribution >= 4 is 17.3 Å². The Morgan fingerprint density at radius 2 is 1.92 bits per heavy atom. The van der Waals surface area contributed by atoms with Crippen molar-refractivity contribution in [3.8, 4) is 0 Å². The molecule has 1 amide bonds. The van der Waals surface area contributed by atoms with E-state index in [9.17, 15) is 4.79 Å². The van der Waals surface area contributed by atoms with Crippen LogP contribution in [0.1, 0.15) is 23.2 Å². The number of furan rings is 1. The number of benzene rings is 1. The molecule has 3 rings (SSSR count). The van der Waals surface area contributed by atoms with Crippen LogP contribution in [0, 0.1) is 0 Å². The number of para-hydroxylation sites is 1. The molecule has 122 valence electrons. The van der Waals surface area contributed by atoms with Gasteiger partial charge in [-0.25, -0.2) is 4.98 Å². The van der Waals surface area contributed by atoms with Gasteiger partial charge in [0, 0.05) is 12.2 Å². The standard InChI is InChI=1S/C19H19N3O2/c1-2-22(15-7-4-3-5-8-15)16-10-11-18(20-13-16)19(23)21-14-17-9-6-12-24-17/h3-13H,2,14H2,1H3,(H,21,23). The predicted molar refractivity (Wildman–Crippen MR) is 93.2 cm³/mol. The quantitative estimate of drug-likeness (QED) is 0.751. The summed E-state index contributed by atoms with van der Waals surface area (Å²) in [6, 6.07) is 17.3. The third kappa shape index (κ3) is 3.63. The minimum atomic E-state index is -0.222. The maximum atomic E-state index is 12.1. The SMILES string of the molecule is CCN(c1ccccc1)c1ccc(C(=O)NCc2ccco2)nc1. The van der Waals surface area contributed by atoms with E-state index in [4.69, 9.17) is 4.42 Å². The van der Waals surface area contributed by atoms with E-state index in [-0.39, 0.29) is 5.91 Å². The molecule has 5 heteroatoms. The first-order chi connectivity index (χ1) is 11.8. The molecule has 1 aromatic carbocycles. The van der Waals surface area contributed by atoms with Gasteiger partial charge in [-0.1, -0.05) is 18.2 Å². The number of hydrogen-bond donors (Lipinski definition) is 1. The summed E-state index contributed by atoms with van der Waals surface area (Å²) in [6.07, 6.45) is 3.30. The van der Waals surface area contributed by atoms with Crippen LogP contribution in [0.4, 0.5) is 11.4 Å². The van der Waals surface area contributed by atoms with E-state index in [1.54, 1.807) is 24.6 Å². The Bertz CT molecular complexity index is 768. The van der Waals surface area contributed by atoms with Crippen molar-refractivity contribution in [3.05, 3.63) is 78.5 Å². The smallest absolute Gasteiger partial charge is 0.270 e. The van der Waals surface area contributed by atoms with Gasteiger partial charge in [0.15, 0.2) is 0 Å². The number of pyridine rings is 1. The zero-order valence-electron chi connectivity index (χ0n) is 13.5. The predicted octanol–water partition coefficient (Wildman–Crippen LogP) is 3.76. The minimum Gasteiger partial charge on any atom is -0.467 e. The summed E-state index contributed by atoms with van der Waals surface area (Å²) in [5.74, 6) is 0.488. The largest absolute Gasteiger partial charge is 0.467 e. The van der Waals surface area contributed by atoms with Gasteiger partial charge in [0.05, 0.1) is 24.7 Å². The Kier molecular flexibility index (Phi) is 4.91. The van der Waals surface area contributed by atoms with Crippen molar-refractivity contribution in [2.75, 3.05) is 11.4 Å². The second kappa shape index (κ2) is 7.46. The van der Waals surface area contributed by atoms with Gasteiger partial charge in [-0.2, -0.15) is 0 Å².